The minimum atomic E-state index is -4.20. The second-order valence-corrected chi connectivity index (χ2v) is 16.3. The fraction of sp³-hybridized carbons (Fsp3) is 0.250. The second kappa shape index (κ2) is 15.1. The van der Waals surface area contributed by atoms with Crippen LogP contribution in [0.5, 0.6) is 5.75 Å². The number of rotatable bonds is 6. The molecule has 0 bridgehead atoms. The van der Waals surface area contributed by atoms with E-state index >= 15 is 0 Å². The highest BCUT2D eigenvalue weighted by Gasteiger charge is 2.29. The van der Waals surface area contributed by atoms with Crippen molar-refractivity contribution >= 4 is 11.0 Å². The number of pyridine rings is 1. The lowest BCUT2D eigenvalue weighted by molar-refractivity contribution is 0.446. The minimum absolute atomic E-state index is 0.0366. The number of benzene rings is 6. The zero-order valence-electron chi connectivity index (χ0n) is 54.6. The molecule has 0 unspecified atom stereocenters. The first-order valence-corrected chi connectivity index (χ1v) is 19.4. The maximum atomic E-state index is 12.9. The van der Waals surface area contributed by atoms with Gasteiger partial charge in [-0.05, 0) is 123 Å². The van der Waals surface area contributed by atoms with E-state index in [-0.39, 0.29) is 33.9 Å². The summed E-state index contributed by atoms with van der Waals surface area (Å²) in [5.74, 6) is -2.03. The van der Waals surface area contributed by atoms with Gasteiger partial charge in [-0.2, -0.15) is 0 Å². The van der Waals surface area contributed by atoms with Crippen LogP contribution >= 0.6 is 0 Å². The van der Waals surface area contributed by atoms with Crippen molar-refractivity contribution in [1.29, 1.82) is 0 Å². The molecular formula is C56H57N3O. The van der Waals surface area contributed by atoms with Crippen LogP contribution in [0.3, 0.4) is 0 Å². The van der Waals surface area contributed by atoms with Gasteiger partial charge in [0.15, 0.2) is 0 Å². The lowest BCUT2D eigenvalue weighted by Crippen LogP contribution is -2.17. The van der Waals surface area contributed by atoms with Gasteiger partial charge in [0.05, 0.1) is 22.3 Å². The number of imidazole rings is 1. The van der Waals surface area contributed by atoms with Gasteiger partial charge in [-0.3, -0.25) is 9.55 Å². The Balaban J connectivity index is 1.59. The summed E-state index contributed by atoms with van der Waals surface area (Å²) in [5, 5.41) is 12.9. The molecule has 8 rings (SSSR count). The third-order valence-corrected chi connectivity index (χ3v) is 10.8. The van der Waals surface area contributed by atoms with Gasteiger partial charge < -0.3 is 5.11 Å². The average Bonchev–Trinajstić information content (AvgIpc) is 3.79. The summed E-state index contributed by atoms with van der Waals surface area (Å²) in [4.78, 5) is 9.81. The van der Waals surface area contributed by atoms with Crippen molar-refractivity contribution in [2.45, 2.75) is 91.9 Å². The van der Waals surface area contributed by atoms with Gasteiger partial charge in [-0.1, -0.05) is 152 Å². The van der Waals surface area contributed by atoms with E-state index < -0.39 is 92.5 Å². The van der Waals surface area contributed by atoms with E-state index in [0.717, 1.165) is 22.3 Å². The summed E-state index contributed by atoms with van der Waals surface area (Å²) in [5.41, 5.74) is -5.97. The monoisotopic (exact) mass is 809 g/mol. The molecule has 0 aliphatic carbocycles. The molecule has 0 radical (unpaired) electrons. The molecule has 6 aromatic carbocycles. The van der Waals surface area contributed by atoms with Crippen LogP contribution in [-0.2, 0) is 16.2 Å². The molecule has 0 saturated heterocycles. The zero-order chi connectivity index (χ0) is 60.2. The second-order valence-electron chi connectivity index (χ2n) is 16.3. The van der Waals surface area contributed by atoms with Crippen LogP contribution in [0.4, 0.5) is 0 Å². The van der Waals surface area contributed by atoms with Crippen LogP contribution in [0.1, 0.15) is 118 Å². The number of aromatic nitrogens is 3. The third kappa shape index (κ3) is 7.79. The van der Waals surface area contributed by atoms with Gasteiger partial charge in [0.1, 0.15) is 11.6 Å². The molecular weight excluding hydrogens is 731 g/mol. The summed E-state index contributed by atoms with van der Waals surface area (Å²) in [6.07, 6.45) is 1.69. The Morgan fingerprint density at radius 1 is 0.567 bits per heavy atom. The standard InChI is InChI=1S/C56H57N3O/c1-35-20-22-37(23-21-35)39-26-27-57-49(32-39)41-29-40(30-42(31-41)54(3,4)5)46-18-15-19-50-51(46)58-53(47-33-43(55(6,7)8)34-48(52(47)60)56(9,10)11)59(50)44-24-25-45(36(2)28-44)38-16-13-12-14-17-38/h12-34,60H,1-11H3/i2D3,6D3,7D3,8D3,9D3,10D3,11D3. The number of phenolic OH excluding ortho intramolecular Hbond substituents is 1. The molecule has 0 fully saturated rings. The number of nitrogens with zero attached hydrogens (tertiary/aromatic N) is 3. The number of hydrogen-bond donors (Lipinski definition) is 1. The predicted molar refractivity (Wildman–Crippen MR) is 253 cm³/mol. The molecule has 60 heavy (non-hydrogen) atoms. The highest BCUT2D eigenvalue weighted by atomic mass is 16.3. The van der Waals surface area contributed by atoms with Gasteiger partial charge >= 0.3 is 0 Å². The number of para-hydroxylation sites is 1. The van der Waals surface area contributed by atoms with E-state index in [1.165, 1.54) is 22.8 Å². The zero-order valence-corrected chi connectivity index (χ0v) is 33.6. The fourth-order valence-corrected chi connectivity index (χ4v) is 7.50. The van der Waals surface area contributed by atoms with Crippen molar-refractivity contribution in [3.8, 4) is 67.5 Å². The molecule has 0 atom stereocenters. The van der Waals surface area contributed by atoms with E-state index in [0.29, 0.717) is 34.0 Å². The van der Waals surface area contributed by atoms with Crippen molar-refractivity contribution in [2.24, 2.45) is 0 Å². The molecule has 302 valence electrons. The van der Waals surface area contributed by atoms with E-state index in [1.807, 2.05) is 82.3 Å². The Hall–Kier alpha value is -6.26. The van der Waals surface area contributed by atoms with Gasteiger partial charge in [0.25, 0.3) is 0 Å². The van der Waals surface area contributed by atoms with Gasteiger partial charge in [-0.15, -0.1) is 0 Å². The Bertz CT molecular complexity index is 3590. The molecule has 0 aliphatic heterocycles. The average molecular weight is 809 g/mol. The van der Waals surface area contributed by atoms with Crippen LogP contribution in [0.25, 0.3) is 72.7 Å². The van der Waals surface area contributed by atoms with Crippen LogP contribution in [0.2, 0.25) is 0 Å². The Labute approximate surface area is 386 Å². The molecule has 4 nitrogen and oxygen atoms in total. The number of fused-ring (bicyclic) bond motifs is 1. The molecule has 1 N–H and O–H groups in total. The first-order chi connectivity index (χ1) is 37.1. The largest absolute Gasteiger partial charge is 0.507 e. The Morgan fingerprint density at radius 3 is 2.02 bits per heavy atom. The molecule has 0 saturated carbocycles. The van der Waals surface area contributed by atoms with E-state index in [9.17, 15) is 5.11 Å². The van der Waals surface area contributed by atoms with Crippen LogP contribution in [0.15, 0.2) is 140 Å². The lowest BCUT2D eigenvalue weighted by atomic mass is 9.79. The highest BCUT2D eigenvalue weighted by Crippen LogP contribution is 2.45. The number of aryl methyl sites for hydroxylation is 2. The first-order valence-electron chi connectivity index (χ1n) is 29.9. The normalized spacial score (nSPS) is 19.0. The molecule has 8 aromatic rings. The molecule has 0 aliphatic rings. The maximum Gasteiger partial charge on any atom is 0.149 e. The topological polar surface area (TPSA) is 50.9 Å². The SMILES string of the molecule is [2H]C([2H])([2H])c1cc(-n2c(-c3cc(C(C([2H])([2H])[2H])(C([2H])([2H])[2H])C([2H])([2H])[2H])cc(C(C([2H])([2H])[2H])(C([2H])([2H])[2H])C([2H])([2H])[2H])c3O)nc3c(-c4cc(-c5cc(-c6ccc(C)cc6)ccn5)cc(C(C)(C)C)c4)cccc32)ccc1-c1ccccc1. The summed E-state index contributed by atoms with van der Waals surface area (Å²) in [6, 6.07) is 36.1. The number of aromatic hydroxyl groups is 1. The van der Waals surface area contributed by atoms with Crippen molar-refractivity contribution in [3.05, 3.63) is 167 Å². The van der Waals surface area contributed by atoms with Crippen molar-refractivity contribution in [3.63, 3.8) is 0 Å². The van der Waals surface area contributed by atoms with Gasteiger partial charge in [0, 0.05) is 57.4 Å². The summed E-state index contributed by atoms with van der Waals surface area (Å²) in [7, 11) is 0. The smallest absolute Gasteiger partial charge is 0.149 e. The van der Waals surface area contributed by atoms with Gasteiger partial charge in [0.2, 0.25) is 0 Å². The summed E-state index contributed by atoms with van der Waals surface area (Å²) in [6.45, 7) is -19.7. The molecule has 0 amide bonds. The molecule has 0 spiro atoms. The summed E-state index contributed by atoms with van der Waals surface area (Å²) < 4.78 is 184. The number of phenols is 1. The van der Waals surface area contributed by atoms with Crippen molar-refractivity contribution < 1.29 is 33.9 Å². The van der Waals surface area contributed by atoms with Crippen LogP contribution in [0, 0.1) is 13.8 Å². The highest BCUT2D eigenvalue weighted by molar-refractivity contribution is 5.97. The molecule has 2 heterocycles. The first kappa shape index (κ1) is 22.4. The molecule has 2 aromatic heterocycles. The Morgan fingerprint density at radius 2 is 1.30 bits per heavy atom. The fourth-order valence-electron chi connectivity index (χ4n) is 7.50. The van der Waals surface area contributed by atoms with E-state index in [4.69, 9.17) is 38.8 Å². The van der Waals surface area contributed by atoms with Crippen LogP contribution in [-0.4, -0.2) is 19.6 Å². The summed E-state index contributed by atoms with van der Waals surface area (Å²) >= 11 is 0. The van der Waals surface area contributed by atoms with E-state index in [1.54, 1.807) is 54.7 Å². The van der Waals surface area contributed by atoms with E-state index in [2.05, 4.69) is 0 Å². The third-order valence-electron chi connectivity index (χ3n) is 10.8. The quantitative estimate of drug-likeness (QED) is 0.182. The Kier molecular flexibility index (Phi) is 5.63. The maximum absolute atomic E-state index is 12.9. The number of hydrogen-bond acceptors (Lipinski definition) is 3. The lowest BCUT2D eigenvalue weighted by Gasteiger charge is -2.27. The van der Waals surface area contributed by atoms with Crippen molar-refractivity contribution in [1.82, 2.24) is 14.5 Å². The van der Waals surface area contributed by atoms with Crippen molar-refractivity contribution in [2.75, 3.05) is 0 Å². The predicted octanol–water partition coefficient (Wildman–Crippen LogP) is 15.0. The minimum Gasteiger partial charge on any atom is -0.507 e. The van der Waals surface area contributed by atoms with Crippen LogP contribution < -0.4 is 0 Å². The van der Waals surface area contributed by atoms with Gasteiger partial charge in [-0.25, -0.2) is 4.98 Å². The molecule has 4 heteroatoms.